The molecule has 2 fully saturated rings. The second-order valence-electron chi connectivity index (χ2n) is 8.40. The first-order valence-electron chi connectivity index (χ1n) is 10.8. The number of piperazine rings is 1. The molecule has 1 atom stereocenters. The first-order valence-corrected chi connectivity index (χ1v) is 11.7. The molecule has 2 aromatic heterocycles. The van der Waals surface area contributed by atoms with E-state index in [9.17, 15) is 5.11 Å². The summed E-state index contributed by atoms with van der Waals surface area (Å²) < 4.78 is 5.92. The van der Waals surface area contributed by atoms with E-state index in [0.717, 1.165) is 60.7 Å². The predicted octanol–water partition coefficient (Wildman–Crippen LogP) is 4.16. The van der Waals surface area contributed by atoms with E-state index in [4.69, 9.17) is 9.40 Å². The minimum absolute atomic E-state index is 0.269. The molecule has 6 heteroatoms. The van der Waals surface area contributed by atoms with E-state index in [1.165, 1.54) is 38.6 Å². The minimum Gasteiger partial charge on any atom is -0.440 e. The molecule has 0 bridgehead atoms. The lowest BCUT2D eigenvalue weighted by atomic mass is 9.88. The Morgan fingerprint density at radius 3 is 2.86 bits per heavy atom. The summed E-state index contributed by atoms with van der Waals surface area (Å²) in [5.41, 5.74) is 1.05. The maximum absolute atomic E-state index is 9.60. The van der Waals surface area contributed by atoms with Crippen molar-refractivity contribution in [2.45, 2.75) is 58.0 Å². The van der Waals surface area contributed by atoms with Crippen molar-refractivity contribution < 1.29 is 9.52 Å². The number of aliphatic hydroxyl groups excluding tert-OH is 1. The number of aromatic nitrogens is 1. The van der Waals surface area contributed by atoms with Crippen LogP contribution in [-0.2, 0) is 6.54 Å². The Hall–Kier alpha value is -1.21. The van der Waals surface area contributed by atoms with E-state index in [-0.39, 0.29) is 6.61 Å². The van der Waals surface area contributed by atoms with Gasteiger partial charge in [-0.15, -0.1) is 11.3 Å². The Morgan fingerprint density at radius 1 is 1.25 bits per heavy atom. The molecule has 4 rings (SSSR count). The third kappa shape index (κ3) is 4.85. The number of hydrogen-bond acceptors (Lipinski definition) is 6. The smallest absolute Gasteiger partial charge is 0.236 e. The average Bonchev–Trinajstić information content (AvgIpc) is 3.35. The van der Waals surface area contributed by atoms with E-state index in [2.05, 4.69) is 21.2 Å². The molecule has 154 valence electrons. The van der Waals surface area contributed by atoms with Gasteiger partial charge in [0.1, 0.15) is 5.76 Å². The molecule has 1 saturated carbocycles. The predicted molar refractivity (Wildman–Crippen MR) is 113 cm³/mol. The fourth-order valence-electron chi connectivity index (χ4n) is 4.76. The highest BCUT2D eigenvalue weighted by molar-refractivity contribution is 7.13. The molecule has 0 spiro atoms. The van der Waals surface area contributed by atoms with E-state index < -0.39 is 0 Å². The van der Waals surface area contributed by atoms with Gasteiger partial charge in [0, 0.05) is 45.4 Å². The van der Waals surface area contributed by atoms with Gasteiger partial charge in [0.15, 0.2) is 0 Å². The fourth-order valence-corrected chi connectivity index (χ4v) is 5.41. The van der Waals surface area contributed by atoms with Gasteiger partial charge in [-0.1, -0.05) is 25.3 Å². The maximum Gasteiger partial charge on any atom is 0.236 e. The molecule has 0 unspecified atom stereocenters. The summed E-state index contributed by atoms with van der Waals surface area (Å²) in [5.74, 6) is 2.52. The zero-order valence-corrected chi connectivity index (χ0v) is 17.8. The molecule has 0 amide bonds. The molecular weight excluding hydrogens is 370 g/mol. The summed E-state index contributed by atoms with van der Waals surface area (Å²) in [6, 6.07) is 4.54. The number of oxazole rings is 1. The zero-order valence-electron chi connectivity index (χ0n) is 17.0. The Labute approximate surface area is 172 Å². The lowest BCUT2D eigenvalue weighted by Crippen LogP contribution is -2.54. The summed E-state index contributed by atoms with van der Waals surface area (Å²) in [5, 5.41) is 11.7. The second-order valence-corrected chi connectivity index (χ2v) is 9.35. The zero-order chi connectivity index (χ0) is 19.3. The number of nitrogens with zero attached hydrogens (tertiary/aromatic N) is 3. The van der Waals surface area contributed by atoms with Gasteiger partial charge in [-0.2, -0.15) is 0 Å². The average molecular weight is 404 g/mol. The van der Waals surface area contributed by atoms with Gasteiger partial charge in [0.2, 0.25) is 5.89 Å². The van der Waals surface area contributed by atoms with Crippen LogP contribution in [0, 0.1) is 12.8 Å². The lowest BCUT2D eigenvalue weighted by Gasteiger charge is -2.43. The van der Waals surface area contributed by atoms with Crippen LogP contribution in [0.25, 0.3) is 10.8 Å². The van der Waals surface area contributed by atoms with Crippen LogP contribution < -0.4 is 0 Å². The van der Waals surface area contributed by atoms with Crippen molar-refractivity contribution in [2.75, 3.05) is 32.8 Å². The van der Waals surface area contributed by atoms with Crippen molar-refractivity contribution >= 4 is 11.3 Å². The van der Waals surface area contributed by atoms with Crippen molar-refractivity contribution in [3.63, 3.8) is 0 Å². The fraction of sp³-hybridized carbons (Fsp3) is 0.682. The molecule has 28 heavy (non-hydrogen) atoms. The molecule has 0 radical (unpaired) electrons. The van der Waals surface area contributed by atoms with Gasteiger partial charge >= 0.3 is 0 Å². The highest BCUT2D eigenvalue weighted by Crippen LogP contribution is 2.28. The van der Waals surface area contributed by atoms with Crippen LogP contribution in [0.3, 0.4) is 0 Å². The molecule has 3 heterocycles. The van der Waals surface area contributed by atoms with Crippen LogP contribution in [0.1, 0.15) is 50.0 Å². The van der Waals surface area contributed by atoms with Gasteiger partial charge < -0.3 is 9.52 Å². The highest BCUT2D eigenvalue weighted by Gasteiger charge is 2.29. The Kier molecular flexibility index (Phi) is 6.83. The molecular formula is C22H33N3O2S. The summed E-state index contributed by atoms with van der Waals surface area (Å²) in [6.07, 6.45) is 7.84. The molecule has 2 aliphatic rings. The normalized spacial score (nSPS) is 22.7. The Balaban J connectivity index is 1.37. The molecule has 1 N–H and O–H groups in total. The van der Waals surface area contributed by atoms with Gasteiger partial charge in [0.25, 0.3) is 0 Å². The van der Waals surface area contributed by atoms with Crippen LogP contribution in [0.5, 0.6) is 0 Å². The summed E-state index contributed by atoms with van der Waals surface area (Å²) in [7, 11) is 0. The van der Waals surface area contributed by atoms with Crippen molar-refractivity contribution in [3.8, 4) is 10.8 Å². The van der Waals surface area contributed by atoms with Crippen LogP contribution in [0.4, 0.5) is 0 Å². The number of thiophene rings is 1. The topological polar surface area (TPSA) is 52.7 Å². The number of rotatable bonds is 7. The van der Waals surface area contributed by atoms with Crippen LogP contribution in [0.15, 0.2) is 21.9 Å². The van der Waals surface area contributed by atoms with Crippen molar-refractivity contribution in [1.29, 1.82) is 0 Å². The first-order chi connectivity index (χ1) is 13.7. The molecule has 1 aliphatic heterocycles. The maximum atomic E-state index is 9.60. The Morgan fingerprint density at radius 2 is 2.11 bits per heavy atom. The Bertz CT molecular complexity index is 724. The second kappa shape index (κ2) is 9.53. The van der Waals surface area contributed by atoms with E-state index >= 15 is 0 Å². The molecule has 2 aromatic rings. The van der Waals surface area contributed by atoms with Crippen LogP contribution >= 0.6 is 11.3 Å². The van der Waals surface area contributed by atoms with Crippen molar-refractivity contribution in [3.05, 3.63) is 29.0 Å². The third-order valence-electron chi connectivity index (χ3n) is 6.37. The molecule has 1 saturated heterocycles. The van der Waals surface area contributed by atoms with Gasteiger partial charge in [-0.3, -0.25) is 9.80 Å². The van der Waals surface area contributed by atoms with Gasteiger partial charge in [-0.05, 0) is 43.6 Å². The van der Waals surface area contributed by atoms with E-state index in [0.29, 0.717) is 6.04 Å². The molecule has 1 aliphatic carbocycles. The highest BCUT2D eigenvalue weighted by atomic mass is 32.1. The monoisotopic (exact) mass is 403 g/mol. The third-order valence-corrected chi connectivity index (χ3v) is 7.22. The summed E-state index contributed by atoms with van der Waals surface area (Å²) in [6.45, 7) is 7.50. The van der Waals surface area contributed by atoms with E-state index in [1.807, 2.05) is 13.0 Å². The number of aliphatic hydroxyl groups is 1. The minimum atomic E-state index is 0.269. The molecule has 0 aromatic carbocycles. The van der Waals surface area contributed by atoms with Crippen LogP contribution in [-0.4, -0.2) is 58.7 Å². The summed E-state index contributed by atoms with van der Waals surface area (Å²) in [4.78, 5) is 11.0. The lowest BCUT2D eigenvalue weighted by molar-refractivity contribution is 0.0394. The van der Waals surface area contributed by atoms with Crippen molar-refractivity contribution in [2.24, 2.45) is 5.92 Å². The van der Waals surface area contributed by atoms with Gasteiger partial charge in [-0.25, -0.2) is 4.98 Å². The molecule has 5 nitrogen and oxygen atoms in total. The van der Waals surface area contributed by atoms with Crippen LogP contribution in [0.2, 0.25) is 0 Å². The summed E-state index contributed by atoms with van der Waals surface area (Å²) >= 11 is 1.66. The largest absolute Gasteiger partial charge is 0.440 e. The number of hydrogen-bond donors (Lipinski definition) is 1. The quantitative estimate of drug-likeness (QED) is 0.752. The first kappa shape index (κ1) is 20.1. The van der Waals surface area contributed by atoms with Gasteiger partial charge in [0.05, 0.1) is 10.6 Å². The van der Waals surface area contributed by atoms with Crippen molar-refractivity contribution in [1.82, 2.24) is 14.8 Å². The SMILES string of the molecule is Cc1oc(-c2cccs2)nc1CN1CCN(CC2CCCCC2)[C@@H](CCO)C1. The number of aryl methyl sites for hydroxylation is 1. The standard InChI is InChI=1S/C22H33N3O2S/c1-17-20(23-22(27-17)21-8-5-13-28-21)16-24-10-11-25(19(15-24)9-12-26)14-18-6-3-2-4-7-18/h5,8,13,18-19,26H,2-4,6-7,9-12,14-16H2,1H3/t19-/m0/s1. The van der Waals surface area contributed by atoms with E-state index in [1.54, 1.807) is 11.3 Å².